The predicted octanol–water partition coefficient (Wildman–Crippen LogP) is 6.15. The molecule has 0 spiro atoms. The standard InChI is InChI=1S/C26H28N2O2/c1-5-30-21-16-14-20(15-17-21)28-24(18-10-12-19(13-11-18)26(2,3)4)27-23-9-7-6-8-22(23)25(28)29/h6-17,24,27H,5H2,1-4H3/t24-/m1/s1. The molecule has 1 heterocycles. The Balaban J connectivity index is 1.76. The molecule has 1 amide bonds. The summed E-state index contributed by atoms with van der Waals surface area (Å²) in [6, 6.07) is 23.9. The SMILES string of the molecule is CCOc1ccc(N2C(=O)c3ccccc3N[C@H]2c2ccc(C(C)(C)C)cc2)cc1. The molecule has 0 bridgehead atoms. The number of para-hydroxylation sites is 1. The number of carbonyl (C=O) groups excluding carboxylic acids is 1. The van der Waals surface area contributed by atoms with Crippen LogP contribution in [-0.4, -0.2) is 12.5 Å². The van der Waals surface area contributed by atoms with Gasteiger partial charge >= 0.3 is 0 Å². The van der Waals surface area contributed by atoms with Crippen LogP contribution in [0.4, 0.5) is 11.4 Å². The first kappa shape index (κ1) is 20.0. The van der Waals surface area contributed by atoms with Crippen molar-refractivity contribution in [3.63, 3.8) is 0 Å². The monoisotopic (exact) mass is 400 g/mol. The summed E-state index contributed by atoms with van der Waals surface area (Å²) in [5.41, 5.74) is 4.75. The van der Waals surface area contributed by atoms with E-state index < -0.39 is 0 Å². The Bertz CT molecular complexity index is 1030. The number of carbonyl (C=O) groups is 1. The number of rotatable bonds is 4. The zero-order valence-electron chi connectivity index (χ0n) is 18.0. The molecule has 4 heteroatoms. The summed E-state index contributed by atoms with van der Waals surface area (Å²) in [4.78, 5) is 15.3. The van der Waals surface area contributed by atoms with Crippen LogP contribution < -0.4 is 15.0 Å². The molecule has 0 saturated heterocycles. The average molecular weight is 401 g/mol. The van der Waals surface area contributed by atoms with Crippen molar-refractivity contribution in [3.05, 3.63) is 89.5 Å². The van der Waals surface area contributed by atoms with E-state index in [-0.39, 0.29) is 17.5 Å². The van der Waals surface area contributed by atoms with Crippen LogP contribution in [0.2, 0.25) is 0 Å². The lowest BCUT2D eigenvalue weighted by atomic mass is 9.86. The van der Waals surface area contributed by atoms with Crippen LogP contribution in [-0.2, 0) is 5.41 Å². The van der Waals surface area contributed by atoms with Crippen LogP contribution >= 0.6 is 0 Å². The van der Waals surface area contributed by atoms with Gasteiger partial charge in [0.2, 0.25) is 0 Å². The molecule has 1 aliphatic rings. The number of ether oxygens (including phenoxy) is 1. The summed E-state index contributed by atoms with van der Waals surface area (Å²) in [6.07, 6.45) is -0.292. The number of fused-ring (bicyclic) bond motifs is 1. The molecular weight excluding hydrogens is 372 g/mol. The van der Waals surface area contributed by atoms with E-state index in [1.54, 1.807) is 0 Å². The lowest BCUT2D eigenvalue weighted by Crippen LogP contribution is -2.43. The Morgan fingerprint density at radius 1 is 0.933 bits per heavy atom. The molecule has 0 radical (unpaired) electrons. The first-order valence-corrected chi connectivity index (χ1v) is 10.4. The first-order valence-electron chi connectivity index (χ1n) is 10.4. The summed E-state index contributed by atoms with van der Waals surface area (Å²) >= 11 is 0. The summed E-state index contributed by atoms with van der Waals surface area (Å²) in [7, 11) is 0. The molecule has 0 aliphatic carbocycles. The second kappa shape index (κ2) is 7.86. The third-order valence-corrected chi connectivity index (χ3v) is 5.45. The van der Waals surface area contributed by atoms with Crippen molar-refractivity contribution in [1.82, 2.24) is 0 Å². The Labute approximate surface area is 178 Å². The smallest absolute Gasteiger partial charge is 0.262 e. The van der Waals surface area contributed by atoms with Crippen LogP contribution in [0.3, 0.4) is 0 Å². The fourth-order valence-corrected chi connectivity index (χ4v) is 3.79. The van der Waals surface area contributed by atoms with E-state index in [2.05, 4.69) is 50.4 Å². The van der Waals surface area contributed by atoms with Crippen molar-refractivity contribution in [2.24, 2.45) is 0 Å². The van der Waals surface area contributed by atoms with Gasteiger partial charge < -0.3 is 10.1 Å². The Morgan fingerprint density at radius 2 is 1.60 bits per heavy atom. The minimum Gasteiger partial charge on any atom is -0.494 e. The molecule has 1 atom stereocenters. The number of anilines is 2. The number of hydrogen-bond donors (Lipinski definition) is 1. The zero-order valence-corrected chi connectivity index (χ0v) is 18.0. The van der Waals surface area contributed by atoms with Crippen molar-refractivity contribution in [2.75, 3.05) is 16.8 Å². The second-order valence-electron chi connectivity index (χ2n) is 8.57. The predicted molar refractivity (Wildman–Crippen MR) is 122 cm³/mol. The van der Waals surface area contributed by atoms with Crippen LogP contribution in [0.5, 0.6) is 5.75 Å². The van der Waals surface area contributed by atoms with E-state index in [0.29, 0.717) is 12.2 Å². The van der Waals surface area contributed by atoms with E-state index in [9.17, 15) is 4.79 Å². The third-order valence-electron chi connectivity index (χ3n) is 5.45. The van der Waals surface area contributed by atoms with Crippen molar-refractivity contribution in [2.45, 2.75) is 39.3 Å². The fraction of sp³-hybridized carbons (Fsp3) is 0.269. The molecule has 1 aliphatic heterocycles. The lowest BCUT2D eigenvalue weighted by molar-refractivity contribution is 0.0975. The van der Waals surface area contributed by atoms with E-state index in [0.717, 1.165) is 22.7 Å². The zero-order chi connectivity index (χ0) is 21.3. The van der Waals surface area contributed by atoms with Crippen molar-refractivity contribution in [3.8, 4) is 5.75 Å². The topological polar surface area (TPSA) is 41.6 Å². The maximum atomic E-state index is 13.5. The van der Waals surface area contributed by atoms with Crippen LogP contribution in [0, 0.1) is 0 Å². The number of benzene rings is 3. The minimum absolute atomic E-state index is 0.0154. The largest absolute Gasteiger partial charge is 0.494 e. The number of amides is 1. The quantitative estimate of drug-likeness (QED) is 0.571. The van der Waals surface area contributed by atoms with Gasteiger partial charge in [-0.1, -0.05) is 57.2 Å². The van der Waals surface area contributed by atoms with E-state index in [1.807, 2.05) is 60.4 Å². The highest BCUT2D eigenvalue weighted by molar-refractivity contribution is 6.12. The maximum Gasteiger partial charge on any atom is 0.262 e. The number of hydrogen-bond acceptors (Lipinski definition) is 3. The second-order valence-corrected chi connectivity index (χ2v) is 8.57. The highest BCUT2D eigenvalue weighted by Crippen LogP contribution is 2.37. The molecule has 3 aromatic carbocycles. The lowest BCUT2D eigenvalue weighted by Gasteiger charge is -2.38. The fourth-order valence-electron chi connectivity index (χ4n) is 3.79. The van der Waals surface area contributed by atoms with Crippen molar-refractivity contribution < 1.29 is 9.53 Å². The number of nitrogens with zero attached hydrogens (tertiary/aromatic N) is 1. The molecule has 0 saturated carbocycles. The number of nitrogens with one attached hydrogen (secondary N) is 1. The highest BCUT2D eigenvalue weighted by atomic mass is 16.5. The maximum absolute atomic E-state index is 13.5. The molecule has 0 fully saturated rings. The van der Waals surface area contributed by atoms with Gasteiger partial charge in [0.25, 0.3) is 5.91 Å². The van der Waals surface area contributed by atoms with Gasteiger partial charge in [0.1, 0.15) is 11.9 Å². The van der Waals surface area contributed by atoms with Gasteiger partial charge in [-0.2, -0.15) is 0 Å². The van der Waals surface area contributed by atoms with Crippen LogP contribution in [0.15, 0.2) is 72.8 Å². The van der Waals surface area contributed by atoms with Gasteiger partial charge in [-0.15, -0.1) is 0 Å². The van der Waals surface area contributed by atoms with E-state index >= 15 is 0 Å². The Hall–Kier alpha value is -3.27. The molecular formula is C26H28N2O2. The Kier molecular flexibility index (Phi) is 5.25. The van der Waals surface area contributed by atoms with Gasteiger partial charge in [0.15, 0.2) is 0 Å². The molecule has 0 unspecified atom stereocenters. The molecule has 1 N–H and O–H groups in total. The molecule has 4 rings (SSSR count). The Morgan fingerprint density at radius 3 is 2.23 bits per heavy atom. The van der Waals surface area contributed by atoms with E-state index in [4.69, 9.17) is 4.74 Å². The molecule has 3 aromatic rings. The van der Waals surface area contributed by atoms with Crippen molar-refractivity contribution in [1.29, 1.82) is 0 Å². The van der Waals surface area contributed by atoms with Crippen LogP contribution in [0.1, 0.15) is 55.3 Å². The van der Waals surface area contributed by atoms with Gasteiger partial charge in [-0.25, -0.2) is 0 Å². The van der Waals surface area contributed by atoms with Crippen LogP contribution in [0.25, 0.3) is 0 Å². The summed E-state index contributed by atoms with van der Waals surface area (Å²) in [5.74, 6) is 0.781. The first-order chi connectivity index (χ1) is 14.4. The molecule has 154 valence electrons. The normalized spacial score (nSPS) is 16.1. The van der Waals surface area contributed by atoms with Gasteiger partial charge in [0.05, 0.1) is 12.2 Å². The third kappa shape index (κ3) is 3.78. The van der Waals surface area contributed by atoms with E-state index in [1.165, 1.54) is 5.56 Å². The molecule has 30 heavy (non-hydrogen) atoms. The van der Waals surface area contributed by atoms with Gasteiger partial charge in [-0.05, 0) is 59.9 Å². The minimum atomic E-state index is -0.292. The summed E-state index contributed by atoms with van der Waals surface area (Å²) in [5, 5.41) is 3.56. The van der Waals surface area contributed by atoms with Gasteiger partial charge in [0, 0.05) is 11.4 Å². The van der Waals surface area contributed by atoms with Gasteiger partial charge in [-0.3, -0.25) is 9.69 Å². The molecule has 0 aromatic heterocycles. The average Bonchev–Trinajstić information content (AvgIpc) is 2.74. The summed E-state index contributed by atoms with van der Waals surface area (Å²) < 4.78 is 5.57. The highest BCUT2D eigenvalue weighted by Gasteiger charge is 2.34. The molecule has 4 nitrogen and oxygen atoms in total. The summed E-state index contributed by atoms with van der Waals surface area (Å²) in [6.45, 7) is 9.17. The van der Waals surface area contributed by atoms with Crippen molar-refractivity contribution >= 4 is 17.3 Å².